The molecule has 3 rings (SSSR count). The van der Waals surface area contributed by atoms with Gasteiger partial charge in [0, 0.05) is 11.6 Å². The third-order valence-corrected chi connectivity index (χ3v) is 6.16. The van der Waals surface area contributed by atoms with Crippen molar-refractivity contribution in [2.75, 3.05) is 18.1 Å². The lowest BCUT2D eigenvalue weighted by atomic mass is 9.92. The number of halogens is 1. The lowest BCUT2D eigenvalue weighted by Crippen LogP contribution is -2.48. The highest BCUT2D eigenvalue weighted by atomic mass is 35.5. The van der Waals surface area contributed by atoms with Crippen LogP contribution in [0.25, 0.3) is 0 Å². The number of amides is 1. The average Bonchev–Trinajstić information content (AvgIpc) is 2.71. The second-order valence-corrected chi connectivity index (χ2v) is 8.15. The van der Waals surface area contributed by atoms with Gasteiger partial charge in [-0.25, -0.2) is 8.42 Å². The van der Waals surface area contributed by atoms with Gasteiger partial charge >= 0.3 is 0 Å². The number of sulfone groups is 1. The van der Waals surface area contributed by atoms with E-state index in [0.29, 0.717) is 18.0 Å². The maximum atomic E-state index is 12.4. The molecule has 0 N–H and O–H groups in total. The molecule has 1 amide bonds. The lowest BCUT2D eigenvalue weighted by molar-refractivity contribution is -0.142. The number of hydrogen-bond acceptors (Lipinski definition) is 3. The molecule has 0 saturated carbocycles. The Morgan fingerprint density at radius 2 is 1.90 bits per heavy atom. The van der Waals surface area contributed by atoms with E-state index in [-0.39, 0.29) is 29.4 Å². The number of nitrogens with zero attached hydrogens (tertiary/aromatic N) is 1. The van der Waals surface area contributed by atoms with Crippen LogP contribution in [-0.4, -0.2) is 37.3 Å². The fraction of sp³-hybridized carbons (Fsp3) is 0.500. The Balaban J connectivity index is 1.72. The van der Waals surface area contributed by atoms with Crippen LogP contribution in [-0.2, 0) is 14.6 Å². The number of hydrogen-bond donors (Lipinski definition) is 0. The first kappa shape index (κ1) is 13.9. The SMILES string of the molecule is O=C([C@@H]1CCS(=O)(=O)C1)N1CC[C@H]1c1ccc(Cl)cc1. The Morgan fingerprint density at radius 3 is 2.40 bits per heavy atom. The van der Waals surface area contributed by atoms with E-state index in [1.807, 2.05) is 24.3 Å². The molecule has 0 unspecified atom stereocenters. The Labute approximate surface area is 123 Å². The predicted octanol–water partition coefficient (Wildman–Crippen LogP) is 2.05. The van der Waals surface area contributed by atoms with Crippen LogP contribution in [0.1, 0.15) is 24.4 Å². The fourth-order valence-corrected chi connectivity index (χ4v) is 4.77. The van der Waals surface area contributed by atoms with Gasteiger partial charge in [-0.2, -0.15) is 0 Å². The van der Waals surface area contributed by atoms with Crippen LogP contribution in [0.3, 0.4) is 0 Å². The molecule has 2 aliphatic rings. The first-order valence-electron chi connectivity index (χ1n) is 6.73. The molecule has 4 nitrogen and oxygen atoms in total. The molecule has 20 heavy (non-hydrogen) atoms. The molecular formula is C14H16ClNO3S. The van der Waals surface area contributed by atoms with Gasteiger partial charge in [0.05, 0.1) is 23.5 Å². The molecule has 1 aromatic rings. The minimum atomic E-state index is -3.01. The van der Waals surface area contributed by atoms with E-state index in [0.717, 1.165) is 12.0 Å². The molecule has 6 heteroatoms. The molecule has 1 aromatic carbocycles. The molecule has 108 valence electrons. The Bertz CT molecular complexity index is 626. The summed E-state index contributed by atoms with van der Waals surface area (Å²) in [5.41, 5.74) is 1.06. The van der Waals surface area contributed by atoms with E-state index in [4.69, 9.17) is 11.6 Å². The summed E-state index contributed by atoms with van der Waals surface area (Å²) in [7, 11) is -3.01. The van der Waals surface area contributed by atoms with E-state index >= 15 is 0 Å². The number of benzene rings is 1. The molecule has 2 heterocycles. The predicted molar refractivity (Wildman–Crippen MR) is 77.3 cm³/mol. The van der Waals surface area contributed by atoms with Crippen molar-refractivity contribution >= 4 is 27.3 Å². The van der Waals surface area contributed by atoms with Crippen LogP contribution in [0.2, 0.25) is 5.02 Å². The molecule has 2 fully saturated rings. The summed E-state index contributed by atoms with van der Waals surface area (Å²) in [4.78, 5) is 14.2. The monoisotopic (exact) mass is 313 g/mol. The second-order valence-electron chi connectivity index (χ2n) is 5.49. The lowest BCUT2D eigenvalue weighted by Gasteiger charge is -2.42. The van der Waals surface area contributed by atoms with Crippen molar-refractivity contribution in [3.8, 4) is 0 Å². The Hall–Kier alpha value is -1.07. The van der Waals surface area contributed by atoms with Crippen LogP contribution in [0.5, 0.6) is 0 Å². The quantitative estimate of drug-likeness (QED) is 0.839. The maximum absolute atomic E-state index is 12.4. The van der Waals surface area contributed by atoms with E-state index in [2.05, 4.69) is 0 Å². The van der Waals surface area contributed by atoms with E-state index in [9.17, 15) is 13.2 Å². The largest absolute Gasteiger partial charge is 0.335 e. The molecule has 2 saturated heterocycles. The van der Waals surface area contributed by atoms with Crippen molar-refractivity contribution in [1.29, 1.82) is 0 Å². The van der Waals surface area contributed by atoms with Crippen molar-refractivity contribution in [2.45, 2.75) is 18.9 Å². The molecule has 2 atom stereocenters. The van der Waals surface area contributed by atoms with Crippen LogP contribution in [0, 0.1) is 5.92 Å². The third kappa shape index (κ3) is 2.56. The molecule has 0 aromatic heterocycles. The summed E-state index contributed by atoms with van der Waals surface area (Å²) < 4.78 is 23.0. The molecule has 2 aliphatic heterocycles. The van der Waals surface area contributed by atoms with Gasteiger partial charge in [-0.3, -0.25) is 4.79 Å². The molecule has 0 bridgehead atoms. The summed E-state index contributed by atoms with van der Waals surface area (Å²) in [5, 5.41) is 0.674. The minimum absolute atomic E-state index is 0.00959. The van der Waals surface area contributed by atoms with Gasteiger partial charge < -0.3 is 4.90 Å². The average molecular weight is 314 g/mol. The highest BCUT2D eigenvalue weighted by Gasteiger charge is 2.41. The fourth-order valence-electron chi connectivity index (χ4n) is 2.91. The van der Waals surface area contributed by atoms with Crippen molar-refractivity contribution in [3.05, 3.63) is 34.9 Å². The summed E-state index contributed by atoms with van der Waals surface area (Å²) in [6.45, 7) is 0.711. The van der Waals surface area contributed by atoms with E-state index < -0.39 is 9.84 Å². The zero-order chi connectivity index (χ0) is 14.3. The molecular weight excluding hydrogens is 298 g/mol. The topological polar surface area (TPSA) is 54.5 Å². The Kier molecular flexibility index (Phi) is 3.50. The van der Waals surface area contributed by atoms with E-state index in [1.165, 1.54) is 0 Å². The van der Waals surface area contributed by atoms with Crippen molar-refractivity contribution in [1.82, 2.24) is 4.90 Å². The highest BCUT2D eigenvalue weighted by Crippen LogP contribution is 2.36. The van der Waals surface area contributed by atoms with Gasteiger partial charge in [0.25, 0.3) is 0 Å². The minimum Gasteiger partial charge on any atom is -0.335 e. The van der Waals surface area contributed by atoms with Gasteiger partial charge in [0.1, 0.15) is 0 Å². The molecule has 0 spiro atoms. The number of likely N-dealkylation sites (tertiary alicyclic amines) is 1. The van der Waals surface area contributed by atoms with Crippen molar-refractivity contribution in [3.63, 3.8) is 0 Å². The number of carbonyl (C=O) groups excluding carboxylic acids is 1. The zero-order valence-corrected chi connectivity index (χ0v) is 12.5. The third-order valence-electron chi connectivity index (χ3n) is 4.14. The summed E-state index contributed by atoms with van der Waals surface area (Å²) >= 11 is 5.86. The van der Waals surface area contributed by atoms with Gasteiger partial charge in [-0.15, -0.1) is 0 Å². The van der Waals surface area contributed by atoms with Crippen molar-refractivity contribution < 1.29 is 13.2 Å². The van der Waals surface area contributed by atoms with Gasteiger partial charge in [-0.05, 0) is 30.5 Å². The first-order chi connectivity index (χ1) is 9.46. The van der Waals surface area contributed by atoms with E-state index in [1.54, 1.807) is 4.90 Å². The maximum Gasteiger partial charge on any atom is 0.227 e. The number of rotatable bonds is 2. The van der Waals surface area contributed by atoms with Gasteiger partial charge in [0.2, 0.25) is 5.91 Å². The highest BCUT2D eigenvalue weighted by molar-refractivity contribution is 7.91. The van der Waals surface area contributed by atoms with Gasteiger partial charge in [0.15, 0.2) is 9.84 Å². The molecule has 0 radical (unpaired) electrons. The zero-order valence-electron chi connectivity index (χ0n) is 11.0. The second kappa shape index (κ2) is 5.04. The van der Waals surface area contributed by atoms with Crippen molar-refractivity contribution in [2.24, 2.45) is 5.92 Å². The first-order valence-corrected chi connectivity index (χ1v) is 8.92. The van der Waals surface area contributed by atoms with Crippen LogP contribution in [0.4, 0.5) is 0 Å². The smallest absolute Gasteiger partial charge is 0.227 e. The summed E-state index contributed by atoms with van der Waals surface area (Å²) in [6, 6.07) is 7.56. The molecule has 0 aliphatic carbocycles. The van der Waals surface area contributed by atoms with Crippen LogP contribution >= 0.6 is 11.6 Å². The summed E-state index contributed by atoms with van der Waals surface area (Å²) in [6.07, 6.45) is 1.39. The van der Waals surface area contributed by atoms with Crippen LogP contribution in [0.15, 0.2) is 24.3 Å². The van der Waals surface area contributed by atoms with Gasteiger partial charge in [-0.1, -0.05) is 23.7 Å². The standard InChI is InChI=1S/C14H16ClNO3S/c15-12-3-1-10(2-4-12)13-5-7-16(13)14(17)11-6-8-20(18,19)9-11/h1-4,11,13H,5-9H2/t11-,13+/m1/s1. The summed E-state index contributed by atoms with van der Waals surface area (Å²) in [5.74, 6) is -0.217. The number of carbonyl (C=O) groups is 1. The normalized spacial score (nSPS) is 28.1. The Morgan fingerprint density at radius 1 is 1.20 bits per heavy atom. The van der Waals surface area contributed by atoms with Crippen LogP contribution < -0.4 is 0 Å².